The molecule has 0 unspecified atom stereocenters. The highest BCUT2D eigenvalue weighted by atomic mass is 15.3. The lowest BCUT2D eigenvalue weighted by Crippen LogP contribution is -1.99. The van der Waals surface area contributed by atoms with Crippen LogP contribution in [-0.4, -0.2) is 9.78 Å². The van der Waals surface area contributed by atoms with E-state index in [1.807, 2.05) is 66.3 Å². The number of hydrogen-bond acceptors (Lipinski definition) is 2. The van der Waals surface area contributed by atoms with Gasteiger partial charge in [-0.3, -0.25) is 0 Å². The molecule has 94 valence electrons. The molecule has 19 heavy (non-hydrogen) atoms. The van der Waals surface area contributed by atoms with Crippen LogP contribution in [0, 0.1) is 6.92 Å². The maximum absolute atomic E-state index is 5.87. The largest absolute Gasteiger partial charge is 0.399 e. The summed E-state index contributed by atoms with van der Waals surface area (Å²) in [5, 5.41) is 4.40. The van der Waals surface area contributed by atoms with E-state index < -0.39 is 0 Å². The normalized spacial score (nSPS) is 10.6. The first-order valence-electron chi connectivity index (χ1n) is 6.21. The van der Waals surface area contributed by atoms with Crippen molar-refractivity contribution in [2.75, 3.05) is 5.73 Å². The Kier molecular flexibility index (Phi) is 2.80. The van der Waals surface area contributed by atoms with Crippen molar-refractivity contribution in [3.05, 3.63) is 66.4 Å². The zero-order valence-electron chi connectivity index (χ0n) is 10.7. The van der Waals surface area contributed by atoms with Gasteiger partial charge in [-0.05, 0) is 42.8 Å². The number of benzene rings is 2. The van der Waals surface area contributed by atoms with Crippen LogP contribution in [0.4, 0.5) is 5.69 Å². The van der Waals surface area contributed by atoms with E-state index in [0.717, 1.165) is 28.2 Å². The second kappa shape index (κ2) is 4.61. The average molecular weight is 249 g/mol. The zero-order chi connectivity index (χ0) is 13.2. The molecular weight excluding hydrogens is 234 g/mol. The van der Waals surface area contributed by atoms with Crippen molar-refractivity contribution < 1.29 is 0 Å². The molecule has 0 saturated heterocycles. The van der Waals surface area contributed by atoms with Crippen molar-refractivity contribution in [2.24, 2.45) is 0 Å². The molecule has 3 heteroatoms. The summed E-state index contributed by atoms with van der Waals surface area (Å²) < 4.78 is 1.94. The second-order valence-corrected chi connectivity index (χ2v) is 4.54. The van der Waals surface area contributed by atoms with Crippen LogP contribution in [0.1, 0.15) is 5.56 Å². The first-order chi connectivity index (χ1) is 9.25. The lowest BCUT2D eigenvalue weighted by molar-refractivity contribution is 0.888. The fraction of sp³-hybridized carbons (Fsp3) is 0.0625. The molecule has 0 aliphatic carbocycles. The molecular formula is C16H15N3. The predicted molar refractivity (Wildman–Crippen MR) is 78.1 cm³/mol. The summed E-state index contributed by atoms with van der Waals surface area (Å²) >= 11 is 0. The predicted octanol–water partition coefficient (Wildman–Crippen LogP) is 3.43. The molecule has 3 nitrogen and oxygen atoms in total. The Labute approximate surface area is 112 Å². The summed E-state index contributed by atoms with van der Waals surface area (Å²) in [4.78, 5) is 0. The highest BCUT2D eigenvalue weighted by molar-refractivity contribution is 5.66. The van der Waals surface area contributed by atoms with Gasteiger partial charge in [-0.25, -0.2) is 4.68 Å². The Morgan fingerprint density at radius 1 is 1.00 bits per heavy atom. The maximum Gasteiger partial charge on any atom is 0.0741 e. The molecule has 0 bridgehead atoms. The molecule has 2 aromatic carbocycles. The molecule has 3 rings (SSSR count). The van der Waals surface area contributed by atoms with Crippen molar-refractivity contribution >= 4 is 5.69 Å². The van der Waals surface area contributed by atoms with Gasteiger partial charge < -0.3 is 5.73 Å². The molecule has 0 saturated carbocycles. The maximum atomic E-state index is 5.87. The Morgan fingerprint density at radius 2 is 1.79 bits per heavy atom. The van der Waals surface area contributed by atoms with Crippen molar-refractivity contribution in [1.82, 2.24) is 9.78 Å². The van der Waals surface area contributed by atoms with E-state index in [1.165, 1.54) is 0 Å². The molecule has 2 N–H and O–H groups in total. The third-order valence-corrected chi connectivity index (χ3v) is 3.21. The lowest BCUT2D eigenvalue weighted by Gasteiger charge is -2.09. The van der Waals surface area contributed by atoms with E-state index in [0.29, 0.717) is 0 Å². The van der Waals surface area contributed by atoms with Crippen LogP contribution in [0.3, 0.4) is 0 Å². The standard InChI is InChI=1S/C16H15N3/c1-12-11-13(7-8-15(12)17)16-9-10-18-19(16)14-5-3-2-4-6-14/h2-11H,17H2,1H3. The summed E-state index contributed by atoms with van der Waals surface area (Å²) in [6.45, 7) is 2.02. The Hall–Kier alpha value is -2.55. The van der Waals surface area contributed by atoms with E-state index in [1.54, 1.807) is 0 Å². The van der Waals surface area contributed by atoms with Crippen molar-refractivity contribution in [1.29, 1.82) is 0 Å². The first-order valence-corrected chi connectivity index (χ1v) is 6.21. The summed E-state index contributed by atoms with van der Waals surface area (Å²) in [6.07, 6.45) is 1.81. The first kappa shape index (κ1) is 11.5. The number of para-hydroxylation sites is 1. The molecule has 1 aromatic heterocycles. The van der Waals surface area contributed by atoms with Gasteiger partial charge in [-0.1, -0.05) is 24.3 Å². The molecule has 0 radical (unpaired) electrons. The number of hydrogen-bond donors (Lipinski definition) is 1. The number of aromatic nitrogens is 2. The number of anilines is 1. The number of nitrogens with two attached hydrogens (primary N) is 1. The van der Waals surface area contributed by atoms with Gasteiger partial charge in [0.2, 0.25) is 0 Å². The highest BCUT2D eigenvalue weighted by Gasteiger charge is 2.07. The van der Waals surface area contributed by atoms with Gasteiger partial charge in [0.1, 0.15) is 0 Å². The van der Waals surface area contributed by atoms with Gasteiger partial charge >= 0.3 is 0 Å². The van der Waals surface area contributed by atoms with Crippen LogP contribution in [-0.2, 0) is 0 Å². The van der Waals surface area contributed by atoms with Gasteiger partial charge in [-0.15, -0.1) is 0 Å². The van der Waals surface area contributed by atoms with Crippen LogP contribution in [0.25, 0.3) is 16.9 Å². The van der Waals surface area contributed by atoms with Gasteiger partial charge in [0.25, 0.3) is 0 Å². The molecule has 0 fully saturated rings. The van der Waals surface area contributed by atoms with Gasteiger partial charge in [-0.2, -0.15) is 5.10 Å². The van der Waals surface area contributed by atoms with Crippen LogP contribution in [0.2, 0.25) is 0 Å². The molecule has 0 aliphatic heterocycles. The molecule has 1 heterocycles. The van der Waals surface area contributed by atoms with E-state index in [4.69, 9.17) is 5.73 Å². The van der Waals surface area contributed by atoms with Crippen LogP contribution >= 0.6 is 0 Å². The van der Waals surface area contributed by atoms with Crippen LogP contribution < -0.4 is 5.73 Å². The third-order valence-electron chi connectivity index (χ3n) is 3.21. The number of aryl methyl sites for hydroxylation is 1. The minimum atomic E-state index is 0.814. The monoisotopic (exact) mass is 249 g/mol. The van der Waals surface area contributed by atoms with E-state index >= 15 is 0 Å². The fourth-order valence-corrected chi connectivity index (χ4v) is 2.13. The summed E-state index contributed by atoms with van der Waals surface area (Å²) in [6, 6.07) is 18.2. The average Bonchev–Trinajstić information content (AvgIpc) is 2.92. The minimum absolute atomic E-state index is 0.814. The summed E-state index contributed by atoms with van der Waals surface area (Å²) in [5.74, 6) is 0. The number of nitrogen functional groups attached to an aromatic ring is 1. The van der Waals surface area contributed by atoms with Crippen molar-refractivity contribution in [3.63, 3.8) is 0 Å². The molecule has 0 atom stereocenters. The quantitative estimate of drug-likeness (QED) is 0.707. The van der Waals surface area contributed by atoms with Gasteiger partial charge in [0.15, 0.2) is 0 Å². The zero-order valence-corrected chi connectivity index (χ0v) is 10.7. The molecule has 0 spiro atoms. The van der Waals surface area contributed by atoms with Crippen molar-refractivity contribution in [2.45, 2.75) is 6.92 Å². The Bertz CT molecular complexity index is 699. The van der Waals surface area contributed by atoms with E-state index in [2.05, 4.69) is 11.2 Å². The third kappa shape index (κ3) is 2.10. The molecule has 0 aliphatic rings. The number of rotatable bonds is 2. The van der Waals surface area contributed by atoms with E-state index in [9.17, 15) is 0 Å². The topological polar surface area (TPSA) is 43.8 Å². The molecule has 3 aromatic rings. The highest BCUT2D eigenvalue weighted by Crippen LogP contribution is 2.25. The lowest BCUT2D eigenvalue weighted by atomic mass is 10.1. The van der Waals surface area contributed by atoms with Gasteiger partial charge in [0.05, 0.1) is 17.6 Å². The van der Waals surface area contributed by atoms with Crippen LogP contribution in [0.5, 0.6) is 0 Å². The van der Waals surface area contributed by atoms with E-state index in [-0.39, 0.29) is 0 Å². The molecule has 0 amide bonds. The van der Waals surface area contributed by atoms with Crippen molar-refractivity contribution in [3.8, 4) is 16.9 Å². The van der Waals surface area contributed by atoms with Crippen LogP contribution in [0.15, 0.2) is 60.8 Å². The second-order valence-electron chi connectivity index (χ2n) is 4.54. The Balaban J connectivity index is 2.12. The smallest absolute Gasteiger partial charge is 0.0741 e. The minimum Gasteiger partial charge on any atom is -0.399 e. The fourth-order valence-electron chi connectivity index (χ4n) is 2.13. The number of nitrogens with zero attached hydrogens (tertiary/aromatic N) is 2. The summed E-state index contributed by atoms with van der Waals surface area (Å²) in [7, 11) is 0. The Morgan fingerprint density at radius 3 is 2.53 bits per heavy atom. The SMILES string of the molecule is Cc1cc(-c2ccnn2-c2ccccc2)ccc1N. The summed E-state index contributed by atoms with van der Waals surface area (Å²) in [5.41, 5.74) is 11.0. The van der Waals surface area contributed by atoms with Gasteiger partial charge in [0, 0.05) is 11.3 Å².